The van der Waals surface area contributed by atoms with E-state index < -0.39 is 10.4 Å². The van der Waals surface area contributed by atoms with E-state index in [0.29, 0.717) is 0 Å². The quantitative estimate of drug-likeness (QED) is 0.0895. The van der Waals surface area contributed by atoms with Crippen LogP contribution in [-0.4, -0.2) is 8.42 Å². The zero-order valence-corrected chi connectivity index (χ0v) is 28.4. The van der Waals surface area contributed by atoms with Gasteiger partial charge in [0.15, 0.2) is 0 Å². The summed E-state index contributed by atoms with van der Waals surface area (Å²) < 4.78 is 34.9. The van der Waals surface area contributed by atoms with Gasteiger partial charge in [-0.15, -0.1) is 0 Å². The van der Waals surface area contributed by atoms with Crippen molar-refractivity contribution in [1.82, 2.24) is 0 Å². The first-order chi connectivity index (χ1) is 21.0. The second-order valence-corrected chi connectivity index (χ2v) is 13.7. The highest BCUT2D eigenvalue weighted by molar-refractivity contribution is 7.81. The minimum atomic E-state index is -4.06. The molecule has 0 aliphatic carbocycles. The van der Waals surface area contributed by atoms with Crippen LogP contribution in [0.15, 0.2) is 48.5 Å². The van der Waals surface area contributed by atoms with E-state index in [0.717, 1.165) is 24.0 Å². The Morgan fingerprint density at radius 1 is 0.395 bits per heavy atom. The summed E-state index contributed by atoms with van der Waals surface area (Å²) in [7, 11) is -4.06. The fourth-order valence-electron chi connectivity index (χ4n) is 5.55. The Labute approximate surface area is 265 Å². The summed E-state index contributed by atoms with van der Waals surface area (Å²) in [6, 6.07) is 16.1. The fraction of sp³-hybridized carbons (Fsp3) is 0.684. The lowest BCUT2D eigenvalue weighted by atomic mass is 10.0. The number of rotatable bonds is 28. The van der Waals surface area contributed by atoms with Gasteiger partial charge in [-0.2, -0.15) is 8.42 Å². The maximum Gasteiger partial charge on any atom is 0.400 e. The summed E-state index contributed by atoms with van der Waals surface area (Å²) in [6.45, 7) is 4.50. The van der Waals surface area contributed by atoms with Gasteiger partial charge in [-0.1, -0.05) is 178 Å². The van der Waals surface area contributed by atoms with Crippen molar-refractivity contribution in [2.24, 2.45) is 0 Å². The zero-order valence-electron chi connectivity index (χ0n) is 27.6. The largest absolute Gasteiger partial charge is 0.400 e. The molecule has 0 heterocycles. The molecule has 0 unspecified atom stereocenters. The highest BCUT2D eigenvalue weighted by Crippen LogP contribution is 2.16. The molecular formula is C38H62O4S. The van der Waals surface area contributed by atoms with Gasteiger partial charge in [0.25, 0.3) is 0 Å². The molecule has 0 N–H and O–H groups in total. The van der Waals surface area contributed by atoms with Gasteiger partial charge in [0.05, 0.1) is 13.2 Å². The van der Waals surface area contributed by atoms with E-state index >= 15 is 0 Å². The van der Waals surface area contributed by atoms with Gasteiger partial charge in [0.1, 0.15) is 0 Å². The molecule has 0 fully saturated rings. The minimum absolute atomic E-state index is 0.0152. The van der Waals surface area contributed by atoms with Gasteiger partial charge in [-0.3, -0.25) is 0 Å². The maximum atomic E-state index is 12.3. The number of unbranched alkanes of at least 4 members (excludes halogenated alkanes) is 18. The second-order valence-electron chi connectivity index (χ2n) is 12.4. The Hall–Kier alpha value is -1.69. The maximum absolute atomic E-state index is 12.3. The lowest BCUT2D eigenvalue weighted by Crippen LogP contribution is -2.10. The van der Waals surface area contributed by atoms with Crippen molar-refractivity contribution in [3.8, 4) is 0 Å². The minimum Gasteiger partial charge on any atom is -0.243 e. The summed E-state index contributed by atoms with van der Waals surface area (Å²) >= 11 is 0. The van der Waals surface area contributed by atoms with E-state index in [-0.39, 0.29) is 13.2 Å². The third kappa shape index (κ3) is 20.1. The van der Waals surface area contributed by atoms with Gasteiger partial charge < -0.3 is 0 Å². The van der Waals surface area contributed by atoms with Gasteiger partial charge in [-0.05, 0) is 47.9 Å². The van der Waals surface area contributed by atoms with Crippen LogP contribution in [0.2, 0.25) is 0 Å². The van der Waals surface area contributed by atoms with E-state index in [1.807, 2.05) is 24.3 Å². The second kappa shape index (κ2) is 24.6. The summed E-state index contributed by atoms with van der Waals surface area (Å²) in [5, 5.41) is 0. The van der Waals surface area contributed by atoms with E-state index in [9.17, 15) is 8.42 Å². The van der Waals surface area contributed by atoms with E-state index in [2.05, 4.69) is 38.1 Å². The van der Waals surface area contributed by atoms with Crippen molar-refractivity contribution in [2.75, 3.05) is 0 Å². The molecule has 2 aromatic rings. The summed E-state index contributed by atoms with van der Waals surface area (Å²) in [4.78, 5) is 0. The van der Waals surface area contributed by atoms with Crippen LogP contribution in [0.25, 0.3) is 0 Å². The van der Waals surface area contributed by atoms with Crippen molar-refractivity contribution >= 4 is 10.4 Å². The SMILES string of the molecule is CCCCCCCCCCCCc1ccc(COS(=O)(=O)OCc2ccc(CCCCCCCCCCCC)cc2)cc1. The first-order valence-corrected chi connectivity index (χ1v) is 19.0. The summed E-state index contributed by atoms with van der Waals surface area (Å²) in [5.41, 5.74) is 4.24. The number of hydrogen-bond acceptors (Lipinski definition) is 4. The van der Waals surface area contributed by atoms with E-state index in [1.165, 1.54) is 140 Å². The van der Waals surface area contributed by atoms with Crippen LogP contribution in [0.1, 0.15) is 165 Å². The molecule has 0 aromatic heterocycles. The topological polar surface area (TPSA) is 52.6 Å². The van der Waals surface area contributed by atoms with Crippen LogP contribution in [0.4, 0.5) is 0 Å². The van der Waals surface area contributed by atoms with Crippen LogP contribution in [0, 0.1) is 0 Å². The first-order valence-electron chi connectivity index (χ1n) is 17.7. The molecule has 5 heteroatoms. The van der Waals surface area contributed by atoms with Crippen molar-refractivity contribution in [1.29, 1.82) is 0 Å². The molecule has 0 bridgehead atoms. The Morgan fingerprint density at radius 3 is 0.953 bits per heavy atom. The molecule has 43 heavy (non-hydrogen) atoms. The van der Waals surface area contributed by atoms with Crippen LogP contribution in [-0.2, 0) is 44.8 Å². The smallest absolute Gasteiger partial charge is 0.243 e. The number of aryl methyl sites for hydroxylation is 2. The fourth-order valence-corrected chi connectivity index (χ4v) is 6.18. The van der Waals surface area contributed by atoms with Gasteiger partial charge in [-0.25, -0.2) is 8.37 Å². The molecule has 244 valence electrons. The molecule has 0 amide bonds. The van der Waals surface area contributed by atoms with Crippen LogP contribution < -0.4 is 0 Å². The van der Waals surface area contributed by atoms with E-state index in [4.69, 9.17) is 8.37 Å². The number of hydrogen-bond donors (Lipinski definition) is 0. The third-order valence-corrected chi connectivity index (χ3v) is 9.24. The third-order valence-electron chi connectivity index (χ3n) is 8.42. The van der Waals surface area contributed by atoms with Crippen molar-refractivity contribution in [3.63, 3.8) is 0 Å². The summed E-state index contributed by atoms with van der Waals surface area (Å²) in [6.07, 6.45) is 28.9. The Bertz CT molecular complexity index is 937. The predicted molar refractivity (Wildman–Crippen MR) is 182 cm³/mol. The average molecular weight is 615 g/mol. The Morgan fingerprint density at radius 2 is 0.651 bits per heavy atom. The van der Waals surface area contributed by atoms with Crippen LogP contribution in [0.3, 0.4) is 0 Å². The van der Waals surface area contributed by atoms with Gasteiger partial charge in [0.2, 0.25) is 0 Å². The summed E-state index contributed by atoms with van der Waals surface area (Å²) in [5.74, 6) is 0. The van der Waals surface area contributed by atoms with Crippen molar-refractivity contribution in [2.45, 2.75) is 168 Å². The molecule has 2 aromatic carbocycles. The molecule has 2 rings (SSSR count). The molecule has 0 aliphatic heterocycles. The number of benzene rings is 2. The predicted octanol–water partition coefficient (Wildman–Crippen LogP) is 11.6. The molecule has 0 aliphatic rings. The molecular weight excluding hydrogens is 552 g/mol. The standard InChI is InChI=1S/C38H62O4S/c1-3-5-7-9-11-13-15-17-19-21-23-35-25-29-37(30-26-35)33-41-43(39,40)42-34-38-31-27-36(28-32-38)24-22-20-18-16-14-12-10-8-6-4-2/h25-32H,3-24,33-34H2,1-2H3. The zero-order chi connectivity index (χ0) is 30.9. The molecule has 0 radical (unpaired) electrons. The Kier molecular flexibility index (Phi) is 21.5. The van der Waals surface area contributed by atoms with E-state index in [1.54, 1.807) is 0 Å². The highest BCUT2D eigenvalue weighted by atomic mass is 32.3. The monoisotopic (exact) mass is 614 g/mol. The molecule has 0 saturated heterocycles. The molecule has 0 saturated carbocycles. The van der Waals surface area contributed by atoms with Crippen LogP contribution in [0.5, 0.6) is 0 Å². The Balaban J connectivity index is 1.53. The molecule has 4 nitrogen and oxygen atoms in total. The van der Waals surface area contributed by atoms with Crippen molar-refractivity contribution in [3.05, 3.63) is 70.8 Å². The highest BCUT2D eigenvalue weighted by Gasteiger charge is 2.13. The van der Waals surface area contributed by atoms with Crippen LogP contribution >= 0.6 is 0 Å². The van der Waals surface area contributed by atoms with Gasteiger partial charge in [0, 0.05) is 0 Å². The average Bonchev–Trinajstić information content (AvgIpc) is 3.02. The molecule has 0 atom stereocenters. The molecule has 0 spiro atoms. The van der Waals surface area contributed by atoms with Gasteiger partial charge >= 0.3 is 10.4 Å². The lowest BCUT2D eigenvalue weighted by molar-refractivity contribution is 0.202. The normalized spacial score (nSPS) is 11.8. The van der Waals surface area contributed by atoms with Crippen molar-refractivity contribution < 1.29 is 16.8 Å². The first kappa shape index (κ1) is 37.5. The lowest BCUT2D eigenvalue weighted by Gasteiger charge is -2.08.